The maximum absolute atomic E-state index is 11.8. The van der Waals surface area contributed by atoms with Crippen molar-refractivity contribution < 1.29 is 0 Å². The first-order valence-corrected chi connectivity index (χ1v) is 7.34. The fourth-order valence-electron chi connectivity index (χ4n) is 2.24. The topological polar surface area (TPSA) is 64.8 Å². The summed E-state index contributed by atoms with van der Waals surface area (Å²) in [5, 5.41) is 0.925. The lowest BCUT2D eigenvalue weighted by molar-refractivity contribution is 0.726. The lowest BCUT2D eigenvalue weighted by Gasteiger charge is -2.18. The Morgan fingerprint density at radius 1 is 1.17 bits per heavy atom. The van der Waals surface area contributed by atoms with Gasteiger partial charge in [-0.25, -0.2) is 4.98 Å². The predicted molar refractivity (Wildman–Crippen MR) is 76.1 cm³/mol. The van der Waals surface area contributed by atoms with Crippen molar-refractivity contribution in [2.24, 2.45) is 0 Å². The van der Waals surface area contributed by atoms with E-state index in [0.29, 0.717) is 15.1 Å². The Morgan fingerprint density at radius 3 is 2.61 bits per heavy atom. The number of aromatic nitrogens is 3. The average Bonchev–Trinajstić information content (AvgIpc) is 2.59. The Balaban J connectivity index is 2.04. The van der Waals surface area contributed by atoms with Crippen molar-refractivity contribution in [2.75, 3.05) is 18.0 Å². The lowest BCUT2D eigenvalue weighted by Crippen LogP contribution is -2.23. The third kappa shape index (κ3) is 2.20. The molecule has 2 aromatic heterocycles. The van der Waals surface area contributed by atoms with Crippen molar-refractivity contribution in [1.82, 2.24) is 15.0 Å². The maximum Gasteiger partial charge on any atom is 0.271 e. The van der Waals surface area contributed by atoms with Crippen LogP contribution < -0.4 is 10.5 Å². The van der Waals surface area contributed by atoms with E-state index in [1.54, 1.807) is 0 Å². The summed E-state index contributed by atoms with van der Waals surface area (Å²) in [5.74, 6) is 0. The van der Waals surface area contributed by atoms with Crippen molar-refractivity contribution in [2.45, 2.75) is 25.7 Å². The molecule has 1 saturated heterocycles. The third-order valence-corrected chi connectivity index (χ3v) is 4.48. The molecule has 96 valence electrons. The van der Waals surface area contributed by atoms with Gasteiger partial charge in [0.1, 0.15) is 4.70 Å². The molecule has 0 saturated carbocycles. The fourth-order valence-corrected chi connectivity index (χ4v) is 3.40. The van der Waals surface area contributed by atoms with Crippen LogP contribution in [0.15, 0.2) is 4.79 Å². The van der Waals surface area contributed by atoms with Gasteiger partial charge in [0.05, 0.1) is 0 Å². The summed E-state index contributed by atoms with van der Waals surface area (Å²) in [6.45, 7) is 2.05. The number of aromatic amines is 2. The molecule has 0 atom stereocenters. The number of hydrogen-bond acceptors (Lipinski definition) is 5. The highest BCUT2D eigenvalue weighted by molar-refractivity contribution is 7.71. The SMILES string of the molecule is O=c1[nH]c(=S)[nH]c2nc(N3CCCCCC3)sc12. The first-order valence-electron chi connectivity index (χ1n) is 6.12. The average molecular weight is 282 g/mol. The molecule has 1 fully saturated rings. The maximum atomic E-state index is 11.8. The van der Waals surface area contributed by atoms with E-state index in [4.69, 9.17) is 12.2 Å². The van der Waals surface area contributed by atoms with Gasteiger partial charge in [-0.05, 0) is 25.1 Å². The number of fused-ring (bicyclic) bond motifs is 1. The predicted octanol–water partition coefficient (Wildman–Crippen LogP) is 2.42. The van der Waals surface area contributed by atoms with Gasteiger partial charge < -0.3 is 9.88 Å². The molecule has 1 aliphatic heterocycles. The van der Waals surface area contributed by atoms with Gasteiger partial charge in [0.2, 0.25) is 0 Å². The van der Waals surface area contributed by atoms with E-state index in [0.717, 1.165) is 18.2 Å². The molecule has 0 amide bonds. The van der Waals surface area contributed by atoms with Gasteiger partial charge in [0, 0.05) is 13.1 Å². The van der Waals surface area contributed by atoms with Crippen molar-refractivity contribution in [3.8, 4) is 0 Å². The molecule has 1 aliphatic rings. The second-order valence-electron chi connectivity index (χ2n) is 4.48. The molecule has 0 bridgehead atoms. The molecule has 0 aromatic carbocycles. The van der Waals surface area contributed by atoms with Gasteiger partial charge in [-0.15, -0.1) is 0 Å². The molecule has 5 nitrogen and oxygen atoms in total. The minimum atomic E-state index is -0.146. The van der Waals surface area contributed by atoms with Gasteiger partial charge in [0.25, 0.3) is 5.56 Å². The standard InChI is InChI=1S/C11H14N4OS2/c16-9-7-8(12-10(17)14-9)13-11(18-7)15-5-3-1-2-4-6-15/h1-6H2,(H2,12,14,16,17). The lowest BCUT2D eigenvalue weighted by atomic mass is 10.2. The molecule has 0 radical (unpaired) electrons. The first kappa shape index (κ1) is 11.9. The monoisotopic (exact) mass is 282 g/mol. The number of H-pyrrole nitrogens is 2. The second-order valence-corrected chi connectivity index (χ2v) is 5.87. The van der Waals surface area contributed by atoms with E-state index in [-0.39, 0.29) is 5.56 Å². The van der Waals surface area contributed by atoms with Crippen LogP contribution in [0.5, 0.6) is 0 Å². The minimum Gasteiger partial charge on any atom is -0.348 e. The summed E-state index contributed by atoms with van der Waals surface area (Å²) >= 11 is 6.40. The zero-order valence-corrected chi connectivity index (χ0v) is 11.5. The highest BCUT2D eigenvalue weighted by atomic mass is 32.1. The van der Waals surface area contributed by atoms with Crippen molar-refractivity contribution in [3.63, 3.8) is 0 Å². The first-order chi connectivity index (χ1) is 8.74. The zero-order chi connectivity index (χ0) is 12.5. The van der Waals surface area contributed by atoms with Crippen LogP contribution in [0.4, 0.5) is 5.13 Å². The summed E-state index contributed by atoms with van der Waals surface area (Å²) in [6.07, 6.45) is 4.96. The minimum absolute atomic E-state index is 0.146. The smallest absolute Gasteiger partial charge is 0.271 e. The summed E-state index contributed by atoms with van der Waals surface area (Å²) in [6, 6.07) is 0. The summed E-state index contributed by atoms with van der Waals surface area (Å²) in [7, 11) is 0. The van der Waals surface area contributed by atoms with E-state index in [1.807, 2.05) is 0 Å². The summed E-state index contributed by atoms with van der Waals surface area (Å²) < 4.78 is 0.961. The zero-order valence-electron chi connectivity index (χ0n) is 9.86. The van der Waals surface area contributed by atoms with E-state index >= 15 is 0 Å². The number of nitrogens with zero attached hydrogens (tertiary/aromatic N) is 2. The number of thiazole rings is 1. The molecule has 0 aliphatic carbocycles. The van der Waals surface area contributed by atoms with Gasteiger partial charge in [-0.3, -0.25) is 9.78 Å². The molecule has 3 heterocycles. The molecular formula is C11H14N4OS2. The van der Waals surface area contributed by atoms with Crippen LogP contribution in [0.2, 0.25) is 0 Å². The molecule has 18 heavy (non-hydrogen) atoms. The molecule has 2 aromatic rings. The Kier molecular flexibility index (Phi) is 3.17. The van der Waals surface area contributed by atoms with Gasteiger partial charge >= 0.3 is 0 Å². The van der Waals surface area contributed by atoms with E-state index in [9.17, 15) is 4.79 Å². The van der Waals surface area contributed by atoms with Crippen molar-refractivity contribution >= 4 is 39.0 Å². The molecule has 2 N–H and O–H groups in total. The Hall–Kier alpha value is -1.21. The Labute approximate surface area is 113 Å². The Morgan fingerprint density at radius 2 is 1.89 bits per heavy atom. The van der Waals surface area contributed by atoms with Crippen molar-refractivity contribution in [3.05, 3.63) is 15.1 Å². The highest BCUT2D eigenvalue weighted by Gasteiger charge is 2.15. The molecule has 7 heteroatoms. The van der Waals surface area contributed by atoms with Crippen LogP contribution in [0.3, 0.4) is 0 Å². The number of rotatable bonds is 1. The number of anilines is 1. The molecule has 0 unspecified atom stereocenters. The molecule has 3 rings (SSSR count). The quantitative estimate of drug-likeness (QED) is 0.788. The number of nitrogens with one attached hydrogen (secondary N) is 2. The van der Waals surface area contributed by atoms with Crippen LogP contribution in [0.1, 0.15) is 25.7 Å². The molecule has 0 spiro atoms. The van der Waals surface area contributed by atoms with Gasteiger partial charge in [-0.1, -0.05) is 24.2 Å². The van der Waals surface area contributed by atoms with Crippen LogP contribution >= 0.6 is 23.6 Å². The number of hydrogen-bond donors (Lipinski definition) is 2. The van der Waals surface area contributed by atoms with Crippen LogP contribution in [-0.2, 0) is 0 Å². The summed E-state index contributed by atoms with van der Waals surface area (Å²) in [5.41, 5.74) is 0.459. The fraction of sp³-hybridized carbons (Fsp3) is 0.545. The normalized spacial score (nSPS) is 17.0. The largest absolute Gasteiger partial charge is 0.348 e. The van der Waals surface area contributed by atoms with Crippen molar-refractivity contribution in [1.29, 1.82) is 0 Å². The summed E-state index contributed by atoms with van der Waals surface area (Å²) in [4.78, 5) is 24.1. The van der Waals surface area contributed by atoms with E-state index < -0.39 is 0 Å². The van der Waals surface area contributed by atoms with E-state index in [2.05, 4.69) is 19.9 Å². The molecular weight excluding hydrogens is 268 g/mol. The van der Waals surface area contributed by atoms with Crippen LogP contribution in [-0.4, -0.2) is 28.0 Å². The second kappa shape index (κ2) is 4.81. The van der Waals surface area contributed by atoms with Gasteiger partial charge in [0.15, 0.2) is 15.5 Å². The van der Waals surface area contributed by atoms with Gasteiger partial charge in [-0.2, -0.15) is 0 Å². The highest BCUT2D eigenvalue weighted by Crippen LogP contribution is 2.27. The third-order valence-electron chi connectivity index (χ3n) is 3.16. The van der Waals surface area contributed by atoms with E-state index in [1.165, 1.54) is 37.0 Å². The van der Waals surface area contributed by atoms with Crippen LogP contribution in [0.25, 0.3) is 10.3 Å². The van der Waals surface area contributed by atoms with Crippen LogP contribution in [0, 0.1) is 4.77 Å². The Bertz CT molecular complexity index is 663.